The Morgan fingerprint density at radius 2 is 2.20 bits per heavy atom. The summed E-state index contributed by atoms with van der Waals surface area (Å²) in [5.74, 6) is -0.452. The summed E-state index contributed by atoms with van der Waals surface area (Å²) in [5.41, 5.74) is 3.45. The van der Waals surface area contributed by atoms with Gasteiger partial charge in [-0.3, -0.25) is 4.79 Å². The molecule has 1 N–H and O–H groups in total. The molecule has 1 aromatic carbocycles. The van der Waals surface area contributed by atoms with Gasteiger partial charge >= 0.3 is 0 Å². The molecule has 1 aromatic heterocycles. The summed E-state index contributed by atoms with van der Waals surface area (Å²) in [6.45, 7) is 1.66. The van der Waals surface area contributed by atoms with Gasteiger partial charge in [0.15, 0.2) is 11.6 Å². The van der Waals surface area contributed by atoms with Gasteiger partial charge in [-0.05, 0) is 49.6 Å². The molecule has 1 aliphatic carbocycles. The number of rotatable bonds is 6. The third-order valence-corrected chi connectivity index (χ3v) is 4.90. The van der Waals surface area contributed by atoms with Crippen LogP contribution < -0.4 is 10.2 Å². The molecular formula is C21H16Cl2FN3O3. The lowest BCUT2D eigenvalue weighted by molar-refractivity contribution is 0.0953. The molecular weight excluding hydrogens is 432 g/mol. The average molecular weight is 448 g/mol. The molecule has 9 heteroatoms. The number of halogens is 3. The molecule has 2 aromatic rings. The Bertz CT molecular complexity index is 1110. The van der Waals surface area contributed by atoms with Crippen molar-refractivity contribution in [1.82, 2.24) is 5.43 Å². The first kappa shape index (κ1) is 21.6. The first-order valence-corrected chi connectivity index (χ1v) is 9.65. The summed E-state index contributed by atoms with van der Waals surface area (Å²) in [6.07, 6.45) is 3.74. The highest BCUT2D eigenvalue weighted by Gasteiger charge is 2.23. The molecule has 0 unspecified atom stereocenters. The Kier molecular flexibility index (Phi) is 6.93. The number of aryl methyl sites for hydroxylation is 1. The van der Waals surface area contributed by atoms with Gasteiger partial charge in [0.2, 0.25) is 0 Å². The summed E-state index contributed by atoms with van der Waals surface area (Å²) < 4.78 is 25.6. The van der Waals surface area contributed by atoms with Crippen molar-refractivity contribution in [2.75, 3.05) is 0 Å². The Hall–Kier alpha value is -3.08. The van der Waals surface area contributed by atoms with Crippen molar-refractivity contribution in [2.45, 2.75) is 26.2 Å². The lowest BCUT2D eigenvalue weighted by Gasteiger charge is -2.19. The summed E-state index contributed by atoms with van der Waals surface area (Å²) in [4.78, 5) is 12.0. The number of ether oxygens (including phenoxy) is 1. The molecule has 0 spiro atoms. The van der Waals surface area contributed by atoms with E-state index in [1.807, 2.05) is 6.07 Å². The molecule has 0 saturated heterocycles. The van der Waals surface area contributed by atoms with Gasteiger partial charge in [-0.15, -0.1) is 0 Å². The molecule has 1 heterocycles. The van der Waals surface area contributed by atoms with Gasteiger partial charge in [-0.25, -0.2) is 9.82 Å². The molecule has 0 aliphatic heterocycles. The molecule has 154 valence electrons. The molecule has 0 radical (unpaired) electrons. The van der Waals surface area contributed by atoms with E-state index in [0.29, 0.717) is 29.7 Å². The van der Waals surface area contributed by atoms with Crippen LogP contribution in [0.4, 0.5) is 4.39 Å². The highest BCUT2D eigenvalue weighted by molar-refractivity contribution is 6.31. The number of hydrazone groups is 1. The lowest BCUT2D eigenvalue weighted by Crippen LogP contribution is -2.17. The molecule has 0 fully saturated rings. The van der Waals surface area contributed by atoms with Gasteiger partial charge in [0.25, 0.3) is 5.91 Å². The fraction of sp³-hybridized carbons (Fsp3) is 0.190. The van der Waals surface area contributed by atoms with Crippen LogP contribution in [0.15, 0.2) is 62.2 Å². The second-order valence-electron chi connectivity index (χ2n) is 6.39. The smallest absolute Gasteiger partial charge is 0.274 e. The summed E-state index contributed by atoms with van der Waals surface area (Å²) >= 11 is 12.1. The van der Waals surface area contributed by atoms with Crippen LogP contribution in [0.1, 0.15) is 40.9 Å². The van der Waals surface area contributed by atoms with E-state index in [0.717, 1.165) is 0 Å². The van der Waals surface area contributed by atoms with Crippen LogP contribution in [0.5, 0.6) is 5.75 Å². The van der Waals surface area contributed by atoms with Crippen molar-refractivity contribution in [1.29, 1.82) is 5.26 Å². The van der Waals surface area contributed by atoms with Crippen LogP contribution >= 0.6 is 23.2 Å². The minimum Gasteiger partial charge on any atom is -0.469 e. The van der Waals surface area contributed by atoms with Gasteiger partial charge in [-0.2, -0.15) is 10.4 Å². The molecule has 3 rings (SSSR count). The maximum absolute atomic E-state index is 14.9. The minimum atomic E-state index is -0.604. The standard InChI is InChI=1S/C21H16Cl2FN3O3/c1-12-17(5-7-29-12)21(28)27-26-6-4-14-2-3-18(23)20(19(14)24)30-16-9-13(11-25)8-15(22)10-16/h5-10H,2-4H2,1H3,(H,27,28)/b26-6+. The molecule has 30 heavy (non-hydrogen) atoms. The number of nitriles is 1. The van der Waals surface area contributed by atoms with Crippen LogP contribution in [-0.2, 0) is 0 Å². The SMILES string of the molecule is Cc1occc1C(=O)N/N=C/CC1=C(F)C(Oc2cc(Cl)cc(C#N)c2)=C(Cl)CC1. The zero-order valence-electron chi connectivity index (χ0n) is 15.8. The third-order valence-electron chi connectivity index (χ3n) is 4.32. The van der Waals surface area contributed by atoms with Crippen molar-refractivity contribution >= 4 is 35.3 Å². The topological polar surface area (TPSA) is 87.6 Å². The Morgan fingerprint density at radius 1 is 1.40 bits per heavy atom. The fourth-order valence-electron chi connectivity index (χ4n) is 2.80. The van der Waals surface area contributed by atoms with Gasteiger partial charge < -0.3 is 9.15 Å². The maximum atomic E-state index is 14.9. The molecule has 0 saturated carbocycles. The zero-order chi connectivity index (χ0) is 21.7. The van der Waals surface area contributed by atoms with Crippen LogP contribution in [0.25, 0.3) is 0 Å². The number of carbonyl (C=O) groups excluding carboxylic acids is 1. The van der Waals surface area contributed by atoms with E-state index < -0.39 is 11.7 Å². The van der Waals surface area contributed by atoms with Crippen molar-refractivity contribution in [3.63, 3.8) is 0 Å². The van der Waals surface area contributed by atoms with Gasteiger partial charge in [-0.1, -0.05) is 23.2 Å². The van der Waals surface area contributed by atoms with Crippen molar-refractivity contribution < 1.29 is 18.3 Å². The third kappa shape index (κ3) is 5.09. The summed E-state index contributed by atoms with van der Waals surface area (Å²) in [6, 6.07) is 7.87. The first-order valence-electron chi connectivity index (χ1n) is 8.90. The van der Waals surface area contributed by atoms with E-state index in [2.05, 4.69) is 10.5 Å². The highest BCUT2D eigenvalue weighted by atomic mass is 35.5. The predicted octanol–water partition coefficient (Wildman–Crippen LogP) is 5.77. The van der Waals surface area contributed by atoms with Gasteiger partial charge in [0.05, 0.1) is 28.5 Å². The largest absolute Gasteiger partial charge is 0.469 e. The molecule has 6 nitrogen and oxygen atoms in total. The fourth-order valence-corrected chi connectivity index (χ4v) is 3.24. The number of amides is 1. The Balaban J connectivity index is 1.69. The van der Waals surface area contributed by atoms with Gasteiger partial charge in [0.1, 0.15) is 11.5 Å². The van der Waals surface area contributed by atoms with Gasteiger partial charge in [0, 0.05) is 17.7 Å². The minimum absolute atomic E-state index is 0.115. The van der Waals surface area contributed by atoms with E-state index in [9.17, 15) is 9.18 Å². The monoisotopic (exact) mass is 447 g/mol. The normalized spacial score (nSPS) is 14.2. The quantitative estimate of drug-likeness (QED) is 0.449. The lowest BCUT2D eigenvalue weighted by atomic mass is 10.00. The number of allylic oxidation sites excluding steroid dienone is 3. The van der Waals surface area contributed by atoms with Crippen molar-refractivity contribution in [2.24, 2.45) is 5.10 Å². The molecule has 1 aliphatic rings. The van der Waals surface area contributed by atoms with E-state index in [-0.39, 0.29) is 33.5 Å². The van der Waals surface area contributed by atoms with Crippen LogP contribution in [-0.4, -0.2) is 12.1 Å². The number of carbonyl (C=O) groups is 1. The second-order valence-corrected chi connectivity index (χ2v) is 7.28. The highest BCUT2D eigenvalue weighted by Crippen LogP contribution is 2.36. The van der Waals surface area contributed by atoms with Crippen LogP contribution in [0.3, 0.4) is 0 Å². The van der Waals surface area contributed by atoms with E-state index in [1.54, 1.807) is 6.92 Å². The zero-order valence-corrected chi connectivity index (χ0v) is 17.4. The van der Waals surface area contributed by atoms with Crippen molar-refractivity contribution in [3.05, 3.63) is 74.6 Å². The van der Waals surface area contributed by atoms with E-state index >= 15 is 0 Å². The summed E-state index contributed by atoms with van der Waals surface area (Å²) in [5, 5.41) is 13.4. The second kappa shape index (κ2) is 9.61. The average Bonchev–Trinajstić information content (AvgIpc) is 3.15. The Labute approximate surface area is 182 Å². The molecule has 0 atom stereocenters. The summed E-state index contributed by atoms with van der Waals surface area (Å²) in [7, 11) is 0. The predicted molar refractivity (Wildman–Crippen MR) is 111 cm³/mol. The van der Waals surface area contributed by atoms with Crippen LogP contribution in [0, 0.1) is 18.3 Å². The molecule has 1 amide bonds. The van der Waals surface area contributed by atoms with Crippen LogP contribution in [0.2, 0.25) is 5.02 Å². The number of hydrogen-bond acceptors (Lipinski definition) is 5. The molecule has 0 bridgehead atoms. The number of furan rings is 1. The van der Waals surface area contributed by atoms with E-state index in [1.165, 1.54) is 36.7 Å². The number of nitrogens with one attached hydrogen (secondary N) is 1. The van der Waals surface area contributed by atoms with E-state index in [4.69, 9.17) is 37.6 Å². The number of nitrogens with zero attached hydrogens (tertiary/aromatic N) is 2. The first-order chi connectivity index (χ1) is 14.4. The number of hydrogen-bond donors (Lipinski definition) is 1. The number of benzene rings is 1. The Morgan fingerprint density at radius 3 is 2.90 bits per heavy atom. The maximum Gasteiger partial charge on any atom is 0.274 e. The van der Waals surface area contributed by atoms with Crippen molar-refractivity contribution in [3.8, 4) is 11.8 Å².